The summed E-state index contributed by atoms with van der Waals surface area (Å²) in [5.41, 5.74) is 0. The van der Waals surface area contributed by atoms with E-state index in [1.165, 1.54) is 3.27 Å². The third kappa shape index (κ3) is 1.56. The van der Waals surface area contributed by atoms with E-state index in [1.807, 2.05) is 6.07 Å². The van der Waals surface area contributed by atoms with Crippen LogP contribution in [0.1, 0.15) is 0 Å². The fraction of sp³-hybridized carbons (Fsp3) is 0. The van der Waals surface area contributed by atoms with Gasteiger partial charge in [0.05, 0.1) is 0 Å². The second-order valence-corrected chi connectivity index (χ2v) is 4.00. The summed E-state index contributed by atoms with van der Waals surface area (Å²) in [5.74, 6) is 0. The average Bonchev–Trinajstić information content (AvgIpc) is 1.69. The Hall–Kier alpha value is 0.103. The first-order valence-electron chi connectivity index (χ1n) is 2.20. The standard InChI is InChI=1S/C6H5.Bi.2H/c1-2-4-6-5-3-1;;;/h1-5H;;;. The first kappa shape index (κ1) is 5.24. The third-order valence-corrected chi connectivity index (χ3v) is 2.30. The zero-order chi connectivity index (χ0) is 5.11. The average molecular weight is 288 g/mol. The molecule has 0 spiro atoms. The zero-order valence-corrected chi connectivity index (χ0v) is 8.45. The molecule has 0 aliphatic carbocycles. The van der Waals surface area contributed by atoms with Gasteiger partial charge < -0.3 is 0 Å². The first-order valence-corrected chi connectivity index (χ1v) is 4.44. The van der Waals surface area contributed by atoms with E-state index in [9.17, 15) is 0 Å². The van der Waals surface area contributed by atoms with Crippen LogP contribution in [-0.2, 0) is 0 Å². The fourth-order valence-corrected chi connectivity index (χ4v) is 1.32. The van der Waals surface area contributed by atoms with Crippen molar-refractivity contribution in [2.45, 2.75) is 0 Å². The molecule has 0 bridgehead atoms. The summed E-state index contributed by atoms with van der Waals surface area (Å²) in [4.78, 5) is 0. The van der Waals surface area contributed by atoms with Crippen molar-refractivity contribution in [1.82, 2.24) is 0 Å². The van der Waals surface area contributed by atoms with Gasteiger partial charge in [-0.15, -0.1) is 0 Å². The second-order valence-electron chi connectivity index (χ2n) is 1.41. The summed E-state index contributed by atoms with van der Waals surface area (Å²) >= 11 is 0.992. The van der Waals surface area contributed by atoms with Crippen LogP contribution in [0.5, 0.6) is 0 Å². The van der Waals surface area contributed by atoms with Crippen molar-refractivity contribution in [1.29, 1.82) is 0 Å². The molecule has 0 saturated carbocycles. The van der Waals surface area contributed by atoms with Crippen molar-refractivity contribution in [3.05, 3.63) is 30.3 Å². The molecule has 7 heavy (non-hydrogen) atoms. The molecule has 0 nitrogen and oxygen atoms in total. The van der Waals surface area contributed by atoms with Gasteiger partial charge in [-0.05, 0) is 0 Å². The molecule has 0 amide bonds. The van der Waals surface area contributed by atoms with Crippen LogP contribution in [0.4, 0.5) is 0 Å². The van der Waals surface area contributed by atoms with Crippen LogP contribution in [0, 0.1) is 0 Å². The number of rotatable bonds is 0. The SMILES string of the molecule is [BiH2][c]1ccccc1. The van der Waals surface area contributed by atoms with Gasteiger partial charge in [0.1, 0.15) is 0 Å². The van der Waals surface area contributed by atoms with E-state index in [0.717, 1.165) is 24.7 Å². The number of hydrogen-bond acceptors (Lipinski definition) is 0. The maximum atomic E-state index is 2.16. The molecular weight excluding hydrogens is 281 g/mol. The number of benzene rings is 1. The van der Waals surface area contributed by atoms with Gasteiger partial charge in [-0.2, -0.15) is 0 Å². The van der Waals surface area contributed by atoms with Crippen molar-refractivity contribution >= 4 is 28.0 Å². The van der Waals surface area contributed by atoms with Gasteiger partial charge in [0.25, 0.3) is 0 Å². The van der Waals surface area contributed by atoms with Gasteiger partial charge in [-0.25, -0.2) is 0 Å². The molecule has 1 heteroatoms. The van der Waals surface area contributed by atoms with Gasteiger partial charge in [0.2, 0.25) is 0 Å². The summed E-state index contributed by atoms with van der Waals surface area (Å²) in [6.07, 6.45) is 0. The zero-order valence-electron chi connectivity index (χ0n) is 3.96. The molecule has 0 aliphatic rings. The van der Waals surface area contributed by atoms with Crippen molar-refractivity contribution in [2.24, 2.45) is 0 Å². The molecule has 0 atom stereocenters. The Bertz CT molecular complexity index is 134. The molecule has 36 valence electrons. The van der Waals surface area contributed by atoms with Gasteiger partial charge in [-0.1, -0.05) is 0 Å². The van der Waals surface area contributed by atoms with E-state index >= 15 is 0 Å². The Morgan fingerprint density at radius 2 is 1.57 bits per heavy atom. The summed E-state index contributed by atoms with van der Waals surface area (Å²) < 4.78 is 1.49. The molecule has 0 radical (unpaired) electrons. The molecular formula is C6H7Bi. The molecule has 0 aliphatic heterocycles. The third-order valence-electron chi connectivity index (χ3n) is 0.800. The molecule has 0 unspecified atom stereocenters. The predicted octanol–water partition coefficient (Wildman–Crippen LogP) is -0.0550. The Morgan fingerprint density at radius 3 is 1.86 bits per heavy atom. The van der Waals surface area contributed by atoms with Crippen LogP contribution in [-0.4, -0.2) is 24.7 Å². The topological polar surface area (TPSA) is 0 Å². The fourth-order valence-electron chi connectivity index (χ4n) is 0.453. The Kier molecular flexibility index (Phi) is 1.81. The van der Waals surface area contributed by atoms with Crippen LogP contribution < -0.4 is 3.27 Å². The molecule has 0 heterocycles. The van der Waals surface area contributed by atoms with E-state index in [0.29, 0.717) is 0 Å². The Labute approximate surface area is 58.4 Å². The van der Waals surface area contributed by atoms with E-state index in [4.69, 9.17) is 0 Å². The monoisotopic (exact) mass is 288 g/mol. The molecule has 1 aromatic rings. The van der Waals surface area contributed by atoms with E-state index in [1.54, 1.807) is 0 Å². The van der Waals surface area contributed by atoms with Gasteiger partial charge >= 0.3 is 58.3 Å². The maximum absolute atomic E-state index is 2.16. The van der Waals surface area contributed by atoms with Crippen LogP contribution in [0.15, 0.2) is 30.3 Å². The van der Waals surface area contributed by atoms with Crippen LogP contribution >= 0.6 is 0 Å². The van der Waals surface area contributed by atoms with Gasteiger partial charge in [0.15, 0.2) is 0 Å². The summed E-state index contributed by atoms with van der Waals surface area (Å²) in [6, 6.07) is 10.5. The van der Waals surface area contributed by atoms with E-state index in [2.05, 4.69) is 24.3 Å². The molecule has 1 aromatic carbocycles. The van der Waals surface area contributed by atoms with Crippen molar-refractivity contribution in [2.75, 3.05) is 0 Å². The Balaban J connectivity index is 3.02. The minimum atomic E-state index is 0.992. The summed E-state index contributed by atoms with van der Waals surface area (Å²) in [6.45, 7) is 0. The molecule has 0 saturated heterocycles. The number of hydrogen-bond donors (Lipinski definition) is 0. The van der Waals surface area contributed by atoms with Crippen LogP contribution in [0.2, 0.25) is 0 Å². The van der Waals surface area contributed by atoms with Gasteiger partial charge in [-0.3, -0.25) is 0 Å². The molecule has 0 fully saturated rings. The minimum absolute atomic E-state index is 0.992. The van der Waals surface area contributed by atoms with Crippen molar-refractivity contribution < 1.29 is 0 Å². The van der Waals surface area contributed by atoms with Crippen LogP contribution in [0.25, 0.3) is 0 Å². The Morgan fingerprint density at radius 1 is 1.00 bits per heavy atom. The van der Waals surface area contributed by atoms with Gasteiger partial charge in [0, 0.05) is 0 Å². The van der Waals surface area contributed by atoms with Crippen LogP contribution in [0.3, 0.4) is 0 Å². The first-order chi connectivity index (χ1) is 3.39. The normalized spacial score (nSPS) is 8.71. The molecule has 1 rings (SSSR count). The summed E-state index contributed by atoms with van der Waals surface area (Å²) in [7, 11) is 0. The second kappa shape index (κ2) is 2.42. The molecule has 0 N–H and O–H groups in total. The van der Waals surface area contributed by atoms with E-state index in [-0.39, 0.29) is 0 Å². The summed E-state index contributed by atoms with van der Waals surface area (Å²) in [5, 5.41) is 0. The molecule has 0 aromatic heterocycles. The quantitative estimate of drug-likeness (QED) is 0.587. The van der Waals surface area contributed by atoms with E-state index < -0.39 is 0 Å². The van der Waals surface area contributed by atoms with Crippen molar-refractivity contribution in [3.8, 4) is 0 Å². The van der Waals surface area contributed by atoms with Crippen molar-refractivity contribution in [3.63, 3.8) is 0 Å². The predicted molar refractivity (Wildman–Crippen MR) is 34.6 cm³/mol.